The molecule has 0 fully saturated rings. The number of ether oxygens (including phenoxy) is 2. The van der Waals surface area contributed by atoms with Crippen LogP contribution in [0.2, 0.25) is 0 Å². The lowest BCUT2D eigenvalue weighted by Gasteiger charge is -2.15. The zero-order valence-electron chi connectivity index (χ0n) is 16.8. The van der Waals surface area contributed by atoms with Gasteiger partial charge in [-0.3, -0.25) is 19.9 Å². The predicted molar refractivity (Wildman–Crippen MR) is 110 cm³/mol. The van der Waals surface area contributed by atoms with E-state index >= 15 is 0 Å². The van der Waals surface area contributed by atoms with Gasteiger partial charge in [0.25, 0.3) is 5.91 Å². The maximum Gasteiger partial charge on any atom is 0.340 e. The summed E-state index contributed by atoms with van der Waals surface area (Å²) in [5.41, 5.74) is 0.480. The lowest BCUT2D eigenvalue weighted by molar-refractivity contribution is -0.387. The van der Waals surface area contributed by atoms with Gasteiger partial charge < -0.3 is 14.8 Å². The van der Waals surface area contributed by atoms with Crippen LogP contribution in [0.5, 0.6) is 5.75 Å². The van der Waals surface area contributed by atoms with E-state index in [1.165, 1.54) is 20.1 Å². The number of carbonyl (C=O) groups is 2. The van der Waals surface area contributed by atoms with Crippen molar-refractivity contribution in [3.8, 4) is 5.75 Å². The summed E-state index contributed by atoms with van der Waals surface area (Å²) < 4.78 is 23.8. The number of benzene rings is 2. The van der Waals surface area contributed by atoms with Crippen molar-refractivity contribution in [3.63, 3.8) is 0 Å². The van der Waals surface area contributed by atoms with E-state index in [-0.39, 0.29) is 11.3 Å². The minimum absolute atomic E-state index is 0.00311. The molecule has 1 heterocycles. The van der Waals surface area contributed by atoms with Gasteiger partial charge in [0, 0.05) is 17.1 Å². The topological polar surface area (TPSA) is 121 Å². The molecule has 2 aromatic carbocycles. The highest BCUT2D eigenvalue weighted by molar-refractivity contribution is 5.99. The molecular formula is C21H18FN3O6. The Bertz CT molecular complexity index is 1200. The van der Waals surface area contributed by atoms with Gasteiger partial charge in [-0.05, 0) is 50.2 Å². The van der Waals surface area contributed by atoms with E-state index in [4.69, 9.17) is 9.47 Å². The van der Waals surface area contributed by atoms with Crippen LogP contribution in [0.4, 0.5) is 15.8 Å². The van der Waals surface area contributed by atoms with Crippen LogP contribution in [-0.2, 0) is 9.53 Å². The lowest BCUT2D eigenvalue weighted by Crippen LogP contribution is -2.30. The Labute approximate surface area is 175 Å². The summed E-state index contributed by atoms with van der Waals surface area (Å²) >= 11 is 0. The summed E-state index contributed by atoms with van der Waals surface area (Å²) in [4.78, 5) is 39.2. The highest BCUT2D eigenvalue weighted by Gasteiger charge is 2.22. The van der Waals surface area contributed by atoms with Gasteiger partial charge in [0.1, 0.15) is 5.75 Å². The molecule has 31 heavy (non-hydrogen) atoms. The number of hydrogen-bond acceptors (Lipinski definition) is 7. The van der Waals surface area contributed by atoms with Gasteiger partial charge in [-0.15, -0.1) is 0 Å². The summed E-state index contributed by atoms with van der Waals surface area (Å²) in [6.45, 7) is 2.99. The third-order valence-corrected chi connectivity index (χ3v) is 4.50. The fourth-order valence-corrected chi connectivity index (χ4v) is 2.84. The molecule has 1 N–H and O–H groups in total. The third-order valence-electron chi connectivity index (χ3n) is 4.50. The molecule has 1 aromatic heterocycles. The summed E-state index contributed by atoms with van der Waals surface area (Å²) in [5.74, 6) is -1.93. The van der Waals surface area contributed by atoms with Crippen molar-refractivity contribution in [2.75, 3.05) is 12.4 Å². The molecule has 9 nitrogen and oxygen atoms in total. The van der Waals surface area contributed by atoms with Crippen LogP contribution < -0.4 is 10.1 Å². The van der Waals surface area contributed by atoms with E-state index in [0.717, 1.165) is 12.1 Å². The lowest BCUT2D eigenvalue weighted by atomic mass is 10.1. The van der Waals surface area contributed by atoms with Gasteiger partial charge in [0.15, 0.2) is 6.10 Å². The second kappa shape index (κ2) is 8.74. The number of esters is 1. The molecule has 10 heteroatoms. The quantitative estimate of drug-likeness (QED) is 0.361. The number of methoxy groups -OCH3 is 1. The normalized spacial score (nSPS) is 11.6. The maximum absolute atomic E-state index is 13.4. The molecule has 0 bridgehead atoms. The fourth-order valence-electron chi connectivity index (χ4n) is 2.84. The van der Waals surface area contributed by atoms with Crippen LogP contribution in [0, 0.1) is 22.9 Å². The average molecular weight is 427 g/mol. The van der Waals surface area contributed by atoms with Gasteiger partial charge in [-0.25, -0.2) is 4.79 Å². The molecule has 0 saturated carbocycles. The molecule has 0 aliphatic rings. The molecule has 3 rings (SSSR count). The summed E-state index contributed by atoms with van der Waals surface area (Å²) in [6, 6.07) is 9.73. The predicted octanol–water partition coefficient (Wildman–Crippen LogP) is 3.78. The molecule has 0 saturated heterocycles. The molecule has 0 spiro atoms. The third kappa shape index (κ3) is 4.74. The summed E-state index contributed by atoms with van der Waals surface area (Å²) in [5, 5.41) is 13.9. The summed E-state index contributed by atoms with van der Waals surface area (Å²) in [7, 11) is 1.52. The van der Waals surface area contributed by atoms with Crippen molar-refractivity contribution in [2.45, 2.75) is 20.0 Å². The number of aryl methyl sites for hydroxylation is 1. The number of pyridine rings is 1. The van der Waals surface area contributed by atoms with E-state index < -0.39 is 34.4 Å². The SMILES string of the molecule is COc1ccc2nc(C)c(C(=O)OC(C)C(=O)Nc3ccc(F)c([N+](=O)[O-])c3)cc2c1. The Balaban J connectivity index is 1.75. The Kier molecular flexibility index (Phi) is 6.10. The van der Waals surface area contributed by atoms with E-state index in [2.05, 4.69) is 10.3 Å². The minimum Gasteiger partial charge on any atom is -0.497 e. The minimum atomic E-state index is -1.22. The number of rotatable bonds is 6. The number of nitro benzene ring substituents is 1. The highest BCUT2D eigenvalue weighted by atomic mass is 19.1. The largest absolute Gasteiger partial charge is 0.497 e. The molecule has 160 valence electrons. The Morgan fingerprint density at radius 2 is 1.94 bits per heavy atom. The average Bonchev–Trinajstić information content (AvgIpc) is 2.73. The van der Waals surface area contributed by atoms with Crippen molar-refractivity contribution in [3.05, 3.63) is 69.7 Å². The van der Waals surface area contributed by atoms with Crippen LogP contribution in [0.1, 0.15) is 23.0 Å². The zero-order chi connectivity index (χ0) is 22.7. The number of nitrogens with zero attached hydrogens (tertiary/aromatic N) is 2. The van der Waals surface area contributed by atoms with Gasteiger partial charge in [-0.1, -0.05) is 0 Å². The second-order valence-electron chi connectivity index (χ2n) is 6.64. The molecule has 1 unspecified atom stereocenters. The van der Waals surface area contributed by atoms with Gasteiger partial charge >= 0.3 is 11.7 Å². The number of anilines is 1. The molecule has 1 amide bonds. The highest BCUT2D eigenvalue weighted by Crippen LogP contribution is 2.24. The van der Waals surface area contributed by atoms with Crippen molar-refractivity contribution in [1.29, 1.82) is 0 Å². The molecular weight excluding hydrogens is 409 g/mol. The van der Waals surface area contributed by atoms with E-state index in [9.17, 15) is 24.1 Å². The first-order valence-corrected chi connectivity index (χ1v) is 9.10. The Morgan fingerprint density at radius 3 is 2.61 bits per heavy atom. The van der Waals surface area contributed by atoms with Crippen LogP contribution in [0.3, 0.4) is 0 Å². The second-order valence-corrected chi connectivity index (χ2v) is 6.64. The van der Waals surface area contributed by atoms with Crippen LogP contribution in [0.15, 0.2) is 42.5 Å². The van der Waals surface area contributed by atoms with Crippen LogP contribution >= 0.6 is 0 Å². The monoisotopic (exact) mass is 427 g/mol. The molecule has 3 aromatic rings. The first-order chi connectivity index (χ1) is 14.7. The van der Waals surface area contributed by atoms with Gasteiger partial charge in [-0.2, -0.15) is 4.39 Å². The van der Waals surface area contributed by atoms with Crippen molar-refractivity contribution >= 4 is 34.2 Å². The van der Waals surface area contributed by atoms with Crippen molar-refractivity contribution in [2.24, 2.45) is 0 Å². The number of nitro groups is 1. The molecule has 0 aliphatic heterocycles. The number of halogens is 1. The van der Waals surface area contributed by atoms with Crippen LogP contribution in [-0.4, -0.2) is 35.0 Å². The van der Waals surface area contributed by atoms with E-state index in [1.807, 2.05) is 0 Å². The molecule has 1 atom stereocenters. The van der Waals surface area contributed by atoms with Crippen molar-refractivity contribution < 1.29 is 28.4 Å². The summed E-state index contributed by atoms with van der Waals surface area (Å²) in [6.07, 6.45) is -1.22. The zero-order valence-corrected chi connectivity index (χ0v) is 16.8. The first-order valence-electron chi connectivity index (χ1n) is 9.10. The smallest absolute Gasteiger partial charge is 0.340 e. The first kappa shape index (κ1) is 21.6. The number of fused-ring (bicyclic) bond motifs is 1. The number of aromatic nitrogens is 1. The van der Waals surface area contributed by atoms with Gasteiger partial charge in [0.2, 0.25) is 5.82 Å². The standard InChI is InChI=1S/C21H18FN3O6/c1-11-16(9-13-8-15(30-3)5-7-18(13)23-11)21(27)31-12(2)20(26)24-14-4-6-17(22)19(10-14)25(28)29/h4-10,12H,1-3H3,(H,24,26). The number of hydrogen-bond donors (Lipinski definition) is 1. The molecule has 0 radical (unpaired) electrons. The number of carbonyl (C=O) groups excluding carboxylic acids is 2. The number of nitrogens with one attached hydrogen (secondary N) is 1. The Hall–Kier alpha value is -4.08. The van der Waals surface area contributed by atoms with Crippen molar-refractivity contribution in [1.82, 2.24) is 4.98 Å². The van der Waals surface area contributed by atoms with E-state index in [0.29, 0.717) is 22.3 Å². The van der Waals surface area contributed by atoms with Crippen LogP contribution in [0.25, 0.3) is 10.9 Å². The Morgan fingerprint density at radius 1 is 1.19 bits per heavy atom. The number of amides is 1. The van der Waals surface area contributed by atoms with E-state index in [1.54, 1.807) is 31.2 Å². The fraction of sp³-hybridized carbons (Fsp3) is 0.190. The van der Waals surface area contributed by atoms with Gasteiger partial charge in [0.05, 0.1) is 28.8 Å². The maximum atomic E-state index is 13.4. The molecule has 0 aliphatic carbocycles.